The lowest BCUT2D eigenvalue weighted by Crippen LogP contribution is -2.31. The van der Waals surface area contributed by atoms with Gasteiger partial charge < -0.3 is 10.4 Å². The van der Waals surface area contributed by atoms with Crippen molar-refractivity contribution in [3.05, 3.63) is 70.7 Å². The SMILES string of the molecule is C=CCCNC(=O)c1cn(-c2ncc(F)cc2F)c2nc(N3C[C@@H](O)CC3=O)ccc2c1=O. The Balaban J connectivity index is 1.93. The highest BCUT2D eigenvalue weighted by atomic mass is 19.1. The third-order valence-corrected chi connectivity index (χ3v) is 5.11. The summed E-state index contributed by atoms with van der Waals surface area (Å²) in [5, 5.41) is 12.3. The van der Waals surface area contributed by atoms with E-state index in [9.17, 15) is 28.3 Å². The van der Waals surface area contributed by atoms with Crippen LogP contribution in [0.5, 0.6) is 0 Å². The molecule has 0 radical (unpaired) electrons. The van der Waals surface area contributed by atoms with Crippen molar-refractivity contribution >= 4 is 28.7 Å². The number of nitrogens with zero attached hydrogens (tertiary/aromatic N) is 4. The zero-order valence-electron chi connectivity index (χ0n) is 17.3. The first-order valence-electron chi connectivity index (χ1n) is 10.1. The lowest BCUT2D eigenvalue weighted by molar-refractivity contribution is -0.117. The number of carbonyl (C=O) groups is 2. The fourth-order valence-corrected chi connectivity index (χ4v) is 3.54. The topological polar surface area (TPSA) is 117 Å². The maximum atomic E-state index is 14.6. The van der Waals surface area contributed by atoms with E-state index in [-0.39, 0.29) is 53.7 Å². The predicted molar refractivity (Wildman–Crippen MR) is 115 cm³/mol. The van der Waals surface area contributed by atoms with E-state index in [4.69, 9.17) is 0 Å². The maximum Gasteiger partial charge on any atom is 0.256 e. The molecule has 1 aliphatic rings. The normalized spacial score (nSPS) is 15.8. The summed E-state index contributed by atoms with van der Waals surface area (Å²) in [6.07, 6.45) is 2.99. The van der Waals surface area contributed by atoms with Crippen LogP contribution in [0, 0.1) is 11.6 Å². The number of aliphatic hydroxyl groups is 1. The summed E-state index contributed by atoms with van der Waals surface area (Å²) in [5.41, 5.74) is -1.04. The van der Waals surface area contributed by atoms with Crippen LogP contribution in [-0.4, -0.2) is 50.6 Å². The Morgan fingerprint density at radius 1 is 1.33 bits per heavy atom. The molecule has 0 aromatic carbocycles. The zero-order valence-corrected chi connectivity index (χ0v) is 17.3. The molecule has 0 bridgehead atoms. The molecule has 0 saturated carbocycles. The van der Waals surface area contributed by atoms with Gasteiger partial charge in [-0.3, -0.25) is 23.9 Å². The molecule has 33 heavy (non-hydrogen) atoms. The molecule has 9 nitrogen and oxygen atoms in total. The smallest absolute Gasteiger partial charge is 0.256 e. The van der Waals surface area contributed by atoms with Gasteiger partial charge in [-0.2, -0.15) is 0 Å². The summed E-state index contributed by atoms with van der Waals surface area (Å²) in [5.74, 6) is -3.27. The van der Waals surface area contributed by atoms with Crippen LogP contribution in [0.3, 0.4) is 0 Å². The number of carbonyl (C=O) groups excluding carboxylic acids is 2. The van der Waals surface area contributed by atoms with E-state index in [1.165, 1.54) is 17.0 Å². The van der Waals surface area contributed by atoms with E-state index < -0.39 is 29.1 Å². The molecule has 1 atom stereocenters. The molecule has 1 saturated heterocycles. The van der Waals surface area contributed by atoms with Crippen LogP contribution in [0.1, 0.15) is 23.2 Å². The molecule has 3 aromatic rings. The fraction of sp³-hybridized carbons (Fsp3) is 0.227. The number of nitrogens with one attached hydrogen (secondary N) is 1. The summed E-state index contributed by atoms with van der Waals surface area (Å²) in [4.78, 5) is 47.2. The second kappa shape index (κ2) is 8.87. The summed E-state index contributed by atoms with van der Waals surface area (Å²) < 4.78 is 29.1. The van der Waals surface area contributed by atoms with Gasteiger partial charge in [0.05, 0.1) is 30.7 Å². The quantitative estimate of drug-likeness (QED) is 0.429. The monoisotopic (exact) mass is 455 g/mol. The van der Waals surface area contributed by atoms with Gasteiger partial charge in [-0.1, -0.05) is 6.08 Å². The number of fused-ring (bicyclic) bond motifs is 1. The van der Waals surface area contributed by atoms with Crippen LogP contribution in [0.4, 0.5) is 14.6 Å². The number of halogens is 2. The number of aliphatic hydroxyl groups excluding tert-OH is 1. The summed E-state index contributed by atoms with van der Waals surface area (Å²) in [7, 11) is 0. The first-order valence-corrected chi connectivity index (χ1v) is 10.1. The van der Waals surface area contributed by atoms with Gasteiger partial charge in [0.1, 0.15) is 17.2 Å². The molecule has 0 spiro atoms. The zero-order chi connectivity index (χ0) is 23.7. The number of β-amino-alcohol motifs (C(OH)–C–C–N with tert-alkyl or cyclic N) is 1. The summed E-state index contributed by atoms with van der Waals surface area (Å²) in [6.45, 7) is 3.80. The molecular formula is C22H19F2N5O4. The highest BCUT2D eigenvalue weighted by Gasteiger charge is 2.30. The molecule has 11 heteroatoms. The van der Waals surface area contributed by atoms with Gasteiger partial charge in [0.2, 0.25) is 11.3 Å². The number of pyridine rings is 3. The average molecular weight is 455 g/mol. The van der Waals surface area contributed by atoms with Crippen LogP contribution in [0.15, 0.2) is 48.0 Å². The van der Waals surface area contributed by atoms with E-state index in [1.54, 1.807) is 6.08 Å². The highest BCUT2D eigenvalue weighted by molar-refractivity contribution is 5.98. The second-order valence-corrected chi connectivity index (χ2v) is 7.44. The van der Waals surface area contributed by atoms with E-state index >= 15 is 0 Å². The molecule has 170 valence electrons. The third kappa shape index (κ3) is 4.22. The fourth-order valence-electron chi connectivity index (χ4n) is 3.54. The Labute approximate surface area is 186 Å². The molecule has 3 aromatic heterocycles. The minimum Gasteiger partial charge on any atom is -0.391 e. The molecule has 0 unspecified atom stereocenters. The molecule has 1 aliphatic heterocycles. The Bertz CT molecular complexity index is 1340. The Morgan fingerprint density at radius 2 is 2.12 bits per heavy atom. The van der Waals surface area contributed by atoms with Crippen molar-refractivity contribution in [3.8, 4) is 5.82 Å². The van der Waals surface area contributed by atoms with Crippen LogP contribution in [0.25, 0.3) is 16.9 Å². The Kier molecular flexibility index (Phi) is 5.97. The van der Waals surface area contributed by atoms with Gasteiger partial charge >= 0.3 is 0 Å². The van der Waals surface area contributed by atoms with Crippen molar-refractivity contribution in [1.29, 1.82) is 0 Å². The Morgan fingerprint density at radius 3 is 2.79 bits per heavy atom. The number of anilines is 1. The molecular weight excluding hydrogens is 436 g/mol. The minimum absolute atomic E-state index is 0.00846. The van der Waals surface area contributed by atoms with Gasteiger partial charge in [-0.05, 0) is 18.6 Å². The van der Waals surface area contributed by atoms with Gasteiger partial charge in [0.25, 0.3) is 5.91 Å². The third-order valence-electron chi connectivity index (χ3n) is 5.11. The molecule has 4 rings (SSSR count). The lowest BCUT2D eigenvalue weighted by atomic mass is 10.1. The van der Waals surface area contributed by atoms with Crippen molar-refractivity contribution in [2.45, 2.75) is 18.9 Å². The molecule has 4 heterocycles. The van der Waals surface area contributed by atoms with Gasteiger partial charge in [0.15, 0.2) is 17.3 Å². The molecule has 2 N–H and O–H groups in total. The largest absolute Gasteiger partial charge is 0.391 e. The number of hydrogen-bond donors (Lipinski definition) is 2. The van der Waals surface area contributed by atoms with Crippen LogP contribution >= 0.6 is 0 Å². The average Bonchev–Trinajstić information content (AvgIpc) is 3.12. The summed E-state index contributed by atoms with van der Waals surface area (Å²) >= 11 is 0. The van der Waals surface area contributed by atoms with Gasteiger partial charge in [-0.25, -0.2) is 18.7 Å². The lowest BCUT2D eigenvalue weighted by Gasteiger charge is -2.17. The number of hydrogen-bond acceptors (Lipinski definition) is 6. The molecule has 2 amide bonds. The van der Waals surface area contributed by atoms with Crippen molar-refractivity contribution in [1.82, 2.24) is 19.9 Å². The van der Waals surface area contributed by atoms with Crippen LogP contribution in [0.2, 0.25) is 0 Å². The van der Waals surface area contributed by atoms with Crippen LogP contribution in [-0.2, 0) is 4.79 Å². The highest BCUT2D eigenvalue weighted by Crippen LogP contribution is 2.24. The molecule has 1 fully saturated rings. The van der Waals surface area contributed by atoms with E-state index in [0.717, 1.165) is 17.0 Å². The van der Waals surface area contributed by atoms with E-state index in [1.807, 2.05) is 0 Å². The van der Waals surface area contributed by atoms with Crippen LogP contribution < -0.4 is 15.6 Å². The van der Waals surface area contributed by atoms with E-state index in [2.05, 4.69) is 21.9 Å². The number of amides is 2. The van der Waals surface area contributed by atoms with Crippen molar-refractivity contribution in [3.63, 3.8) is 0 Å². The standard InChI is InChI=1S/C22H19F2N5O4/c1-2-3-6-25-22(33)15-11-29(21-16(24)7-12(23)9-26-21)20-14(19(15)32)4-5-17(27-20)28-10-13(30)8-18(28)31/h2,4-5,7,9,11,13,30H,1,3,6,8,10H2,(H,25,33)/t13-/m0/s1. The van der Waals surface area contributed by atoms with Crippen molar-refractivity contribution in [2.24, 2.45) is 0 Å². The van der Waals surface area contributed by atoms with E-state index in [0.29, 0.717) is 12.5 Å². The van der Waals surface area contributed by atoms with Crippen molar-refractivity contribution < 1.29 is 23.5 Å². The van der Waals surface area contributed by atoms with Gasteiger partial charge in [0, 0.05) is 18.8 Å². The maximum absolute atomic E-state index is 14.6. The number of rotatable bonds is 6. The first kappa shape index (κ1) is 22.2. The first-order chi connectivity index (χ1) is 15.8. The second-order valence-electron chi connectivity index (χ2n) is 7.44. The Hall–Kier alpha value is -3.99. The number of aromatic nitrogens is 3. The molecule has 0 aliphatic carbocycles. The van der Waals surface area contributed by atoms with Gasteiger partial charge in [-0.15, -0.1) is 6.58 Å². The summed E-state index contributed by atoms with van der Waals surface area (Å²) in [6, 6.07) is 3.37. The minimum atomic E-state index is -1.04. The van der Waals surface area contributed by atoms with Crippen molar-refractivity contribution in [2.75, 3.05) is 18.0 Å². The predicted octanol–water partition coefficient (Wildman–Crippen LogP) is 1.46.